The van der Waals surface area contributed by atoms with E-state index in [2.05, 4.69) is 11.9 Å². The zero-order valence-corrected chi connectivity index (χ0v) is 8.69. The van der Waals surface area contributed by atoms with Crippen molar-refractivity contribution >= 4 is 0 Å². The summed E-state index contributed by atoms with van der Waals surface area (Å²) in [5.41, 5.74) is 12.4. The van der Waals surface area contributed by atoms with E-state index < -0.39 is 0 Å². The van der Waals surface area contributed by atoms with Gasteiger partial charge in [-0.05, 0) is 43.5 Å². The summed E-state index contributed by atoms with van der Waals surface area (Å²) in [6, 6.07) is 5.98. The normalized spacial score (nSPS) is 13.1. The van der Waals surface area contributed by atoms with Crippen LogP contribution in [0.25, 0.3) is 0 Å². The molecule has 1 aromatic rings. The molecule has 1 unspecified atom stereocenters. The van der Waals surface area contributed by atoms with Crippen molar-refractivity contribution < 1.29 is 0 Å². The van der Waals surface area contributed by atoms with E-state index in [4.69, 9.17) is 11.5 Å². The predicted molar refractivity (Wildman–Crippen MR) is 58.7 cm³/mol. The minimum absolute atomic E-state index is 0.400. The van der Waals surface area contributed by atoms with Gasteiger partial charge in [0.25, 0.3) is 0 Å². The first-order valence-electron chi connectivity index (χ1n) is 5.08. The molecule has 0 radical (unpaired) electrons. The molecule has 0 bridgehead atoms. The maximum absolute atomic E-state index is 5.64. The molecule has 78 valence electrons. The first-order valence-corrected chi connectivity index (χ1v) is 5.08. The summed E-state index contributed by atoms with van der Waals surface area (Å²) in [5, 5.41) is 0. The van der Waals surface area contributed by atoms with Crippen LogP contribution in [-0.2, 0) is 6.42 Å². The standard InChI is InChI=1S/C11H19N3/c1-9(10(7-12)8-13)6-11-4-2-3-5-14-11/h2-5,9-10H,6-8,12-13H2,1H3. The number of nitrogens with two attached hydrogens (primary N) is 2. The van der Waals surface area contributed by atoms with Gasteiger partial charge in [0.2, 0.25) is 0 Å². The van der Waals surface area contributed by atoms with Crippen LogP contribution in [0.2, 0.25) is 0 Å². The molecular formula is C11H19N3. The molecule has 1 atom stereocenters. The molecule has 0 fully saturated rings. The van der Waals surface area contributed by atoms with Gasteiger partial charge in [0, 0.05) is 11.9 Å². The average Bonchev–Trinajstić information content (AvgIpc) is 2.21. The second-order valence-electron chi connectivity index (χ2n) is 3.73. The molecule has 3 nitrogen and oxygen atoms in total. The van der Waals surface area contributed by atoms with Gasteiger partial charge in [0.15, 0.2) is 0 Å². The number of nitrogens with zero attached hydrogens (tertiary/aromatic N) is 1. The molecule has 1 heterocycles. The van der Waals surface area contributed by atoms with Crippen molar-refractivity contribution in [2.24, 2.45) is 23.3 Å². The molecule has 1 rings (SSSR count). The third-order valence-electron chi connectivity index (χ3n) is 2.67. The molecule has 0 amide bonds. The van der Waals surface area contributed by atoms with Crippen LogP contribution in [0.4, 0.5) is 0 Å². The monoisotopic (exact) mass is 193 g/mol. The summed E-state index contributed by atoms with van der Waals surface area (Å²) in [4.78, 5) is 4.29. The molecule has 0 saturated carbocycles. The highest BCUT2D eigenvalue weighted by atomic mass is 14.7. The lowest BCUT2D eigenvalue weighted by molar-refractivity contribution is 0.370. The van der Waals surface area contributed by atoms with Crippen molar-refractivity contribution in [3.63, 3.8) is 0 Å². The third-order valence-corrected chi connectivity index (χ3v) is 2.67. The maximum atomic E-state index is 5.64. The fraction of sp³-hybridized carbons (Fsp3) is 0.545. The fourth-order valence-corrected chi connectivity index (χ4v) is 1.58. The number of hydrogen-bond acceptors (Lipinski definition) is 3. The Kier molecular flexibility index (Phi) is 4.56. The SMILES string of the molecule is CC(Cc1ccccn1)C(CN)CN. The van der Waals surface area contributed by atoms with Gasteiger partial charge in [0.05, 0.1) is 0 Å². The van der Waals surface area contributed by atoms with Crippen molar-refractivity contribution in [1.29, 1.82) is 0 Å². The molecule has 1 aromatic heterocycles. The van der Waals surface area contributed by atoms with E-state index >= 15 is 0 Å². The summed E-state index contributed by atoms with van der Waals surface area (Å²) in [5.74, 6) is 0.900. The van der Waals surface area contributed by atoms with Crippen molar-refractivity contribution in [2.75, 3.05) is 13.1 Å². The summed E-state index contributed by atoms with van der Waals surface area (Å²) in [6.45, 7) is 3.49. The van der Waals surface area contributed by atoms with Crippen LogP contribution in [0.5, 0.6) is 0 Å². The Labute approximate surface area is 85.5 Å². The molecular weight excluding hydrogens is 174 g/mol. The first kappa shape index (κ1) is 11.1. The highest BCUT2D eigenvalue weighted by Crippen LogP contribution is 2.14. The maximum Gasteiger partial charge on any atom is 0.0406 e. The summed E-state index contributed by atoms with van der Waals surface area (Å²) < 4.78 is 0. The summed E-state index contributed by atoms with van der Waals surface area (Å²) in [7, 11) is 0. The molecule has 0 aromatic carbocycles. The Hall–Kier alpha value is -0.930. The molecule has 14 heavy (non-hydrogen) atoms. The molecule has 0 spiro atoms. The van der Waals surface area contributed by atoms with Gasteiger partial charge < -0.3 is 11.5 Å². The molecule has 0 aliphatic carbocycles. The van der Waals surface area contributed by atoms with E-state index in [1.807, 2.05) is 24.4 Å². The highest BCUT2D eigenvalue weighted by Gasteiger charge is 2.14. The minimum Gasteiger partial charge on any atom is -0.330 e. The van der Waals surface area contributed by atoms with Crippen molar-refractivity contribution in [2.45, 2.75) is 13.3 Å². The highest BCUT2D eigenvalue weighted by molar-refractivity contribution is 5.04. The van der Waals surface area contributed by atoms with Crippen LogP contribution in [0, 0.1) is 11.8 Å². The van der Waals surface area contributed by atoms with Gasteiger partial charge in [-0.2, -0.15) is 0 Å². The zero-order chi connectivity index (χ0) is 10.4. The van der Waals surface area contributed by atoms with Crippen LogP contribution in [-0.4, -0.2) is 18.1 Å². The average molecular weight is 193 g/mol. The Balaban J connectivity index is 2.52. The zero-order valence-electron chi connectivity index (χ0n) is 8.69. The van der Waals surface area contributed by atoms with E-state index in [-0.39, 0.29) is 0 Å². The largest absolute Gasteiger partial charge is 0.330 e. The van der Waals surface area contributed by atoms with E-state index in [1.54, 1.807) is 0 Å². The van der Waals surface area contributed by atoms with Gasteiger partial charge in [0.1, 0.15) is 0 Å². The fourth-order valence-electron chi connectivity index (χ4n) is 1.58. The van der Waals surface area contributed by atoms with Crippen molar-refractivity contribution in [3.8, 4) is 0 Å². The molecule has 0 aliphatic rings. The predicted octanol–water partition coefficient (Wildman–Crippen LogP) is 0.794. The van der Waals surface area contributed by atoms with E-state index in [1.165, 1.54) is 0 Å². The Morgan fingerprint density at radius 2 is 2.00 bits per heavy atom. The first-order chi connectivity index (χ1) is 6.77. The van der Waals surface area contributed by atoms with E-state index in [0.29, 0.717) is 24.9 Å². The number of rotatable bonds is 5. The smallest absolute Gasteiger partial charge is 0.0406 e. The lowest BCUT2D eigenvalue weighted by atomic mass is 9.90. The van der Waals surface area contributed by atoms with Gasteiger partial charge in [-0.15, -0.1) is 0 Å². The lowest BCUT2D eigenvalue weighted by Crippen LogP contribution is -2.30. The minimum atomic E-state index is 0.400. The topological polar surface area (TPSA) is 64.9 Å². The Bertz CT molecular complexity index is 244. The summed E-state index contributed by atoms with van der Waals surface area (Å²) >= 11 is 0. The second kappa shape index (κ2) is 5.73. The van der Waals surface area contributed by atoms with Crippen molar-refractivity contribution in [3.05, 3.63) is 30.1 Å². The Morgan fingerprint density at radius 3 is 2.50 bits per heavy atom. The van der Waals surface area contributed by atoms with E-state index in [0.717, 1.165) is 12.1 Å². The number of aromatic nitrogens is 1. The third kappa shape index (κ3) is 3.09. The quantitative estimate of drug-likeness (QED) is 0.726. The van der Waals surface area contributed by atoms with Gasteiger partial charge in [-0.3, -0.25) is 4.98 Å². The Morgan fingerprint density at radius 1 is 1.29 bits per heavy atom. The van der Waals surface area contributed by atoms with Gasteiger partial charge in [-0.1, -0.05) is 13.0 Å². The van der Waals surface area contributed by atoms with Crippen LogP contribution in [0.3, 0.4) is 0 Å². The lowest BCUT2D eigenvalue weighted by Gasteiger charge is -2.20. The number of hydrogen-bond donors (Lipinski definition) is 2. The van der Waals surface area contributed by atoms with Crippen LogP contribution in [0.15, 0.2) is 24.4 Å². The second-order valence-corrected chi connectivity index (χ2v) is 3.73. The van der Waals surface area contributed by atoms with Crippen LogP contribution < -0.4 is 11.5 Å². The van der Waals surface area contributed by atoms with E-state index in [9.17, 15) is 0 Å². The van der Waals surface area contributed by atoms with Gasteiger partial charge >= 0.3 is 0 Å². The molecule has 0 aliphatic heterocycles. The molecule has 3 heteroatoms. The molecule has 4 N–H and O–H groups in total. The summed E-state index contributed by atoms with van der Waals surface area (Å²) in [6.07, 6.45) is 2.78. The van der Waals surface area contributed by atoms with Crippen molar-refractivity contribution in [1.82, 2.24) is 4.98 Å². The van der Waals surface area contributed by atoms with Crippen LogP contribution in [0.1, 0.15) is 12.6 Å². The molecule has 0 saturated heterocycles. The number of pyridine rings is 1. The van der Waals surface area contributed by atoms with Crippen LogP contribution >= 0.6 is 0 Å². The van der Waals surface area contributed by atoms with Gasteiger partial charge in [-0.25, -0.2) is 0 Å².